The van der Waals surface area contributed by atoms with Crippen LogP contribution < -0.4 is 10.6 Å². The number of halogens is 5. The lowest BCUT2D eigenvalue weighted by Crippen LogP contribution is -2.47. The second kappa shape index (κ2) is 12.9. The van der Waals surface area contributed by atoms with Gasteiger partial charge in [0, 0.05) is 57.0 Å². The summed E-state index contributed by atoms with van der Waals surface area (Å²) in [5.41, 5.74) is 2.46. The quantitative estimate of drug-likeness (QED) is 0.332. The molecule has 0 aromatic carbocycles. The van der Waals surface area contributed by atoms with Crippen molar-refractivity contribution in [3.05, 3.63) is 47.2 Å². The summed E-state index contributed by atoms with van der Waals surface area (Å²) in [6.07, 6.45) is -0.282. The van der Waals surface area contributed by atoms with Crippen molar-refractivity contribution in [3.8, 4) is 0 Å². The number of amides is 2. The van der Waals surface area contributed by atoms with E-state index < -0.39 is 48.3 Å². The highest BCUT2D eigenvalue weighted by molar-refractivity contribution is 5.92. The molecule has 3 aromatic heterocycles. The second-order valence-corrected chi connectivity index (χ2v) is 12.7. The molecule has 5 heterocycles. The van der Waals surface area contributed by atoms with E-state index in [1.54, 1.807) is 16.9 Å². The Bertz CT molecular complexity index is 1560. The van der Waals surface area contributed by atoms with Crippen molar-refractivity contribution in [1.82, 2.24) is 35.0 Å². The summed E-state index contributed by atoms with van der Waals surface area (Å²) in [6, 6.07) is 2.71. The van der Waals surface area contributed by atoms with E-state index in [-0.39, 0.29) is 50.4 Å². The molecule has 2 aliphatic heterocycles. The van der Waals surface area contributed by atoms with Crippen LogP contribution in [0.1, 0.15) is 91.3 Å². The topological polar surface area (TPSA) is 115 Å². The third-order valence-corrected chi connectivity index (χ3v) is 9.63. The van der Waals surface area contributed by atoms with Crippen LogP contribution in [0.3, 0.4) is 0 Å². The lowest BCUT2D eigenvalue weighted by molar-refractivity contribution is -0.183. The molecule has 4 atom stereocenters. The Labute approximate surface area is 262 Å². The molecule has 1 saturated carbocycles. The molecule has 0 spiro atoms. The van der Waals surface area contributed by atoms with Crippen LogP contribution in [0, 0.1) is 17.8 Å². The zero-order valence-corrected chi connectivity index (χ0v) is 25.5. The van der Waals surface area contributed by atoms with Crippen LogP contribution >= 0.6 is 0 Å². The average Bonchev–Trinajstić information content (AvgIpc) is 3.67. The van der Waals surface area contributed by atoms with E-state index in [0.717, 1.165) is 18.4 Å². The maximum Gasteiger partial charge on any atom is 0.393 e. The SMILES string of the molecule is CCn1nccc1C(=O)N[C@H](c1cn2nc(C[C@H]3C[C@@H](C(F)(F)F)CNC3=O)c(C3CCCOC3)cc2n1)C1CCC(F)(F)CC1. The van der Waals surface area contributed by atoms with Gasteiger partial charge in [0.25, 0.3) is 5.91 Å². The van der Waals surface area contributed by atoms with E-state index in [4.69, 9.17) is 14.8 Å². The van der Waals surface area contributed by atoms with Crippen LogP contribution in [0.25, 0.3) is 5.65 Å². The van der Waals surface area contributed by atoms with E-state index >= 15 is 0 Å². The smallest absolute Gasteiger partial charge is 0.381 e. The summed E-state index contributed by atoms with van der Waals surface area (Å²) in [6.45, 7) is 2.88. The van der Waals surface area contributed by atoms with Crippen molar-refractivity contribution in [3.63, 3.8) is 0 Å². The number of ether oxygens (including phenoxy) is 1. The van der Waals surface area contributed by atoms with Crippen LogP contribution in [0.2, 0.25) is 0 Å². The first-order valence-electron chi connectivity index (χ1n) is 15.9. The van der Waals surface area contributed by atoms with Crippen LogP contribution in [-0.2, 0) is 22.5 Å². The number of imidazole rings is 1. The van der Waals surface area contributed by atoms with Crippen LogP contribution in [0.15, 0.2) is 24.5 Å². The Morgan fingerprint density at radius 3 is 2.72 bits per heavy atom. The minimum Gasteiger partial charge on any atom is -0.381 e. The van der Waals surface area contributed by atoms with Gasteiger partial charge in [0.05, 0.1) is 36.2 Å². The fourth-order valence-corrected chi connectivity index (χ4v) is 7.02. The maximum atomic E-state index is 14.1. The molecular formula is C31H38F5N7O3. The number of nitrogens with zero attached hydrogens (tertiary/aromatic N) is 5. The Balaban J connectivity index is 1.35. The molecule has 3 fully saturated rings. The molecular weight excluding hydrogens is 613 g/mol. The summed E-state index contributed by atoms with van der Waals surface area (Å²) in [5.74, 6) is -6.58. The third kappa shape index (κ3) is 6.88. The van der Waals surface area contributed by atoms with E-state index in [9.17, 15) is 31.5 Å². The predicted octanol–water partition coefficient (Wildman–Crippen LogP) is 4.99. The Morgan fingerprint density at radius 2 is 2.02 bits per heavy atom. The van der Waals surface area contributed by atoms with Crippen molar-refractivity contribution in [2.75, 3.05) is 19.8 Å². The normalized spacial score (nSPS) is 24.9. The molecule has 3 aliphatic rings. The van der Waals surface area contributed by atoms with Gasteiger partial charge in [-0.25, -0.2) is 18.3 Å². The number of nitrogens with one attached hydrogen (secondary N) is 2. The number of carbonyl (C=O) groups is 2. The number of aromatic nitrogens is 5. The fourth-order valence-electron chi connectivity index (χ4n) is 7.02. The Morgan fingerprint density at radius 1 is 1.24 bits per heavy atom. The van der Waals surface area contributed by atoms with Gasteiger partial charge >= 0.3 is 6.18 Å². The monoisotopic (exact) mass is 651 g/mol. The Hall–Kier alpha value is -3.62. The van der Waals surface area contributed by atoms with Gasteiger partial charge in [-0.15, -0.1) is 0 Å². The summed E-state index contributed by atoms with van der Waals surface area (Å²) in [5, 5.41) is 14.4. The first-order chi connectivity index (χ1) is 21.9. The second-order valence-electron chi connectivity index (χ2n) is 12.7. The van der Waals surface area contributed by atoms with E-state index in [0.29, 0.717) is 42.5 Å². The summed E-state index contributed by atoms with van der Waals surface area (Å²) in [7, 11) is 0. The van der Waals surface area contributed by atoms with Crippen LogP contribution in [0.5, 0.6) is 0 Å². The number of fused-ring (bicyclic) bond motifs is 1. The fraction of sp³-hybridized carbons (Fsp3) is 0.645. The molecule has 250 valence electrons. The van der Waals surface area contributed by atoms with E-state index in [1.807, 2.05) is 13.0 Å². The third-order valence-electron chi connectivity index (χ3n) is 9.63. The minimum absolute atomic E-state index is 0.00653. The van der Waals surface area contributed by atoms with Crippen LogP contribution in [0.4, 0.5) is 22.0 Å². The van der Waals surface area contributed by atoms with E-state index in [2.05, 4.69) is 15.7 Å². The number of piperidine rings is 1. The zero-order chi connectivity index (χ0) is 32.6. The van der Waals surface area contributed by atoms with Crippen molar-refractivity contribution in [2.45, 2.75) is 88.9 Å². The number of carbonyl (C=O) groups excluding carboxylic acids is 2. The van der Waals surface area contributed by atoms with Gasteiger partial charge < -0.3 is 15.4 Å². The molecule has 0 bridgehead atoms. The maximum absolute atomic E-state index is 14.1. The molecule has 2 saturated heterocycles. The van der Waals surface area contributed by atoms with Gasteiger partial charge in [-0.1, -0.05) is 0 Å². The first kappa shape index (κ1) is 32.3. The van der Waals surface area contributed by atoms with Gasteiger partial charge in [-0.05, 0) is 62.6 Å². The lowest BCUT2D eigenvalue weighted by atomic mass is 9.81. The summed E-state index contributed by atoms with van der Waals surface area (Å²) >= 11 is 0. The Kier molecular flexibility index (Phi) is 9.05. The molecule has 10 nitrogen and oxygen atoms in total. The molecule has 2 amide bonds. The van der Waals surface area contributed by atoms with Crippen molar-refractivity contribution >= 4 is 17.5 Å². The number of rotatable bonds is 8. The predicted molar refractivity (Wildman–Crippen MR) is 155 cm³/mol. The number of alkyl halides is 5. The molecule has 1 unspecified atom stereocenters. The number of aryl methyl sites for hydroxylation is 1. The highest BCUT2D eigenvalue weighted by atomic mass is 19.4. The molecule has 15 heteroatoms. The average molecular weight is 652 g/mol. The number of hydrogen-bond donors (Lipinski definition) is 2. The molecule has 3 aromatic rings. The molecule has 6 rings (SSSR count). The summed E-state index contributed by atoms with van der Waals surface area (Å²) < 4.78 is 77.8. The highest BCUT2D eigenvalue weighted by Crippen LogP contribution is 2.42. The van der Waals surface area contributed by atoms with Gasteiger partial charge in [0.15, 0.2) is 5.65 Å². The molecule has 2 N–H and O–H groups in total. The standard InChI is InChI=1S/C31H38F5N7O3/c1-2-42-25(7-10-38-42)29(45)40-27(18-5-8-30(32,33)9-6-18)24-16-43-26(39-24)14-22(19-4-3-11-46-17-19)23(41-43)13-20-12-21(31(34,35)36)15-37-28(20)44/h7,10,14,16,18-21,27H,2-6,8-9,11-13,15,17H2,1H3,(H,37,44)(H,40,45)/t19?,20-,21-,27+/m1/s1. The minimum atomic E-state index is -4.43. The number of hydrogen-bond acceptors (Lipinski definition) is 6. The lowest BCUT2D eigenvalue weighted by Gasteiger charge is -2.33. The first-order valence-corrected chi connectivity index (χ1v) is 15.9. The van der Waals surface area contributed by atoms with Gasteiger partial charge in [0.1, 0.15) is 5.69 Å². The zero-order valence-electron chi connectivity index (χ0n) is 25.5. The molecule has 0 radical (unpaired) electrons. The van der Waals surface area contributed by atoms with Gasteiger partial charge in [-0.3, -0.25) is 14.3 Å². The van der Waals surface area contributed by atoms with Gasteiger partial charge in [0.2, 0.25) is 11.8 Å². The summed E-state index contributed by atoms with van der Waals surface area (Å²) in [4.78, 5) is 31.0. The van der Waals surface area contributed by atoms with Gasteiger partial charge in [-0.2, -0.15) is 23.4 Å². The van der Waals surface area contributed by atoms with Crippen molar-refractivity contribution < 1.29 is 36.3 Å². The molecule has 46 heavy (non-hydrogen) atoms. The van der Waals surface area contributed by atoms with E-state index in [1.165, 1.54) is 10.7 Å². The van der Waals surface area contributed by atoms with Crippen LogP contribution in [-0.4, -0.2) is 68.1 Å². The highest BCUT2D eigenvalue weighted by Gasteiger charge is 2.45. The van der Waals surface area contributed by atoms with Crippen molar-refractivity contribution in [1.29, 1.82) is 0 Å². The van der Waals surface area contributed by atoms with Crippen molar-refractivity contribution in [2.24, 2.45) is 17.8 Å². The largest absolute Gasteiger partial charge is 0.393 e. The molecule has 1 aliphatic carbocycles.